The van der Waals surface area contributed by atoms with E-state index in [9.17, 15) is 0 Å². The standard InChI is InChI=1S/C13H22N2/c1-3-9-15(4-2)11-13-7-5-12(10-14)6-8-13/h5-8H,3-4,9-11,14H2,1-2H3. The Morgan fingerprint density at radius 1 is 1.07 bits per heavy atom. The van der Waals surface area contributed by atoms with Crippen LogP contribution >= 0.6 is 0 Å². The van der Waals surface area contributed by atoms with Crippen LogP contribution in [0.25, 0.3) is 0 Å². The first-order chi connectivity index (χ1) is 7.30. The van der Waals surface area contributed by atoms with E-state index in [0.29, 0.717) is 6.54 Å². The van der Waals surface area contributed by atoms with Gasteiger partial charge in [0.15, 0.2) is 0 Å². The van der Waals surface area contributed by atoms with Crippen LogP contribution in [0.4, 0.5) is 0 Å². The fraction of sp³-hybridized carbons (Fsp3) is 0.538. The highest BCUT2D eigenvalue weighted by molar-refractivity contribution is 5.22. The van der Waals surface area contributed by atoms with Crippen molar-refractivity contribution in [3.8, 4) is 0 Å². The molecule has 1 aromatic rings. The molecule has 0 saturated heterocycles. The molecular weight excluding hydrogens is 184 g/mol. The fourth-order valence-corrected chi connectivity index (χ4v) is 1.70. The molecule has 2 heteroatoms. The first-order valence-corrected chi connectivity index (χ1v) is 5.80. The van der Waals surface area contributed by atoms with E-state index in [1.165, 1.54) is 24.1 Å². The maximum absolute atomic E-state index is 5.56. The molecule has 0 unspecified atom stereocenters. The molecule has 0 aromatic heterocycles. The van der Waals surface area contributed by atoms with Gasteiger partial charge in [-0.15, -0.1) is 0 Å². The first-order valence-electron chi connectivity index (χ1n) is 5.80. The molecule has 84 valence electrons. The number of nitrogens with zero attached hydrogens (tertiary/aromatic N) is 1. The Balaban J connectivity index is 2.55. The van der Waals surface area contributed by atoms with Crippen molar-refractivity contribution in [2.45, 2.75) is 33.4 Å². The summed E-state index contributed by atoms with van der Waals surface area (Å²) >= 11 is 0. The molecule has 0 spiro atoms. The van der Waals surface area contributed by atoms with Gasteiger partial charge >= 0.3 is 0 Å². The Bertz CT molecular complexity index is 266. The van der Waals surface area contributed by atoms with E-state index in [4.69, 9.17) is 5.73 Å². The second-order valence-corrected chi connectivity index (χ2v) is 3.89. The summed E-state index contributed by atoms with van der Waals surface area (Å²) in [6.07, 6.45) is 1.22. The fourth-order valence-electron chi connectivity index (χ4n) is 1.70. The van der Waals surface area contributed by atoms with E-state index in [0.717, 1.165) is 13.1 Å². The summed E-state index contributed by atoms with van der Waals surface area (Å²) in [4.78, 5) is 2.46. The number of hydrogen-bond acceptors (Lipinski definition) is 2. The van der Waals surface area contributed by atoms with Crippen molar-refractivity contribution in [2.75, 3.05) is 13.1 Å². The molecule has 1 rings (SSSR count). The van der Waals surface area contributed by atoms with E-state index in [1.54, 1.807) is 0 Å². The SMILES string of the molecule is CCCN(CC)Cc1ccc(CN)cc1. The number of nitrogens with two attached hydrogens (primary N) is 1. The topological polar surface area (TPSA) is 29.3 Å². The molecule has 0 aliphatic heterocycles. The van der Waals surface area contributed by atoms with Gasteiger partial charge in [0.1, 0.15) is 0 Å². The zero-order valence-corrected chi connectivity index (χ0v) is 9.87. The third-order valence-electron chi connectivity index (χ3n) is 2.65. The van der Waals surface area contributed by atoms with Gasteiger partial charge in [0, 0.05) is 13.1 Å². The van der Waals surface area contributed by atoms with Crippen molar-refractivity contribution >= 4 is 0 Å². The summed E-state index contributed by atoms with van der Waals surface area (Å²) in [7, 11) is 0. The summed E-state index contributed by atoms with van der Waals surface area (Å²) in [5, 5.41) is 0. The van der Waals surface area contributed by atoms with Crippen LogP contribution in [0.15, 0.2) is 24.3 Å². The molecule has 0 atom stereocenters. The normalized spacial score (nSPS) is 10.9. The van der Waals surface area contributed by atoms with Crippen LogP contribution in [0.3, 0.4) is 0 Å². The molecule has 0 bridgehead atoms. The highest BCUT2D eigenvalue weighted by Gasteiger charge is 2.01. The average Bonchev–Trinajstić information content (AvgIpc) is 2.29. The van der Waals surface area contributed by atoms with E-state index in [1.807, 2.05) is 0 Å². The lowest BCUT2D eigenvalue weighted by Crippen LogP contribution is -2.23. The molecule has 0 aliphatic carbocycles. The van der Waals surface area contributed by atoms with E-state index in [2.05, 4.69) is 43.0 Å². The van der Waals surface area contributed by atoms with Gasteiger partial charge in [0.05, 0.1) is 0 Å². The lowest BCUT2D eigenvalue weighted by Gasteiger charge is -2.19. The lowest BCUT2D eigenvalue weighted by molar-refractivity contribution is 0.280. The van der Waals surface area contributed by atoms with Gasteiger partial charge in [-0.25, -0.2) is 0 Å². The molecule has 0 radical (unpaired) electrons. The van der Waals surface area contributed by atoms with Gasteiger partial charge in [-0.2, -0.15) is 0 Å². The van der Waals surface area contributed by atoms with Crippen LogP contribution in [-0.2, 0) is 13.1 Å². The zero-order chi connectivity index (χ0) is 11.1. The second kappa shape index (κ2) is 6.59. The van der Waals surface area contributed by atoms with Crippen LogP contribution < -0.4 is 5.73 Å². The third kappa shape index (κ3) is 4.02. The van der Waals surface area contributed by atoms with E-state index < -0.39 is 0 Å². The summed E-state index contributed by atoms with van der Waals surface area (Å²) in [5.74, 6) is 0. The molecule has 0 heterocycles. The predicted molar refractivity (Wildman–Crippen MR) is 65.6 cm³/mol. The van der Waals surface area contributed by atoms with Crippen LogP contribution in [0.5, 0.6) is 0 Å². The number of benzene rings is 1. The zero-order valence-electron chi connectivity index (χ0n) is 9.87. The molecule has 1 aromatic carbocycles. The predicted octanol–water partition coefficient (Wildman–Crippen LogP) is 2.38. The van der Waals surface area contributed by atoms with Crippen molar-refractivity contribution < 1.29 is 0 Å². The molecule has 2 N–H and O–H groups in total. The largest absolute Gasteiger partial charge is 0.326 e. The summed E-state index contributed by atoms with van der Waals surface area (Å²) in [6, 6.07) is 8.60. The first kappa shape index (κ1) is 12.2. The highest BCUT2D eigenvalue weighted by Crippen LogP contribution is 2.07. The van der Waals surface area contributed by atoms with Crippen LogP contribution in [0.2, 0.25) is 0 Å². The Morgan fingerprint density at radius 2 is 1.67 bits per heavy atom. The Morgan fingerprint density at radius 3 is 2.13 bits per heavy atom. The van der Waals surface area contributed by atoms with Gasteiger partial charge in [-0.1, -0.05) is 38.1 Å². The summed E-state index contributed by atoms with van der Waals surface area (Å²) in [5.41, 5.74) is 8.15. The van der Waals surface area contributed by atoms with Gasteiger partial charge in [0.2, 0.25) is 0 Å². The molecule has 15 heavy (non-hydrogen) atoms. The average molecular weight is 206 g/mol. The van der Waals surface area contributed by atoms with Crippen molar-refractivity contribution in [3.63, 3.8) is 0 Å². The van der Waals surface area contributed by atoms with Crippen LogP contribution in [-0.4, -0.2) is 18.0 Å². The third-order valence-corrected chi connectivity index (χ3v) is 2.65. The Hall–Kier alpha value is -0.860. The Kier molecular flexibility index (Phi) is 5.37. The number of hydrogen-bond donors (Lipinski definition) is 1. The molecular formula is C13H22N2. The second-order valence-electron chi connectivity index (χ2n) is 3.89. The summed E-state index contributed by atoms with van der Waals surface area (Å²) < 4.78 is 0. The van der Waals surface area contributed by atoms with E-state index >= 15 is 0 Å². The van der Waals surface area contributed by atoms with Crippen molar-refractivity contribution in [3.05, 3.63) is 35.4 Å². The van der Waals surface area contributed by atoms with Gasteiger partial charge in [0.25, 0.3) is 0 Å². The molecule has 0 fully saturated rings. The quantitative estimate of drug-likeness (QED) is 0.774. The van der Waals surface area contributed by atoms with Crippen molar-refractivity contribution in [2.24, 2.45) is 5.73 Å². The van der Waals surface area contributed by atoms with Crippen molar-refractivity contribution in [1.29, 1.82) is 0 Å². The monoisotopic (exact) mass is 206 g/mol. The highest BCUT2D eigenvalue weighted by atomic mass is 15.1. The molecule has 0 aliphatic rings. The van der Waals surface area contributed by atoms with Gasteiger partial charge in [-0.3, -0.25) is 4.90 Å². The minimum absolute atomic E-state index is 0.632. The van der Waals surface area contributed by atoms with Gasteiger partial charge < -0.3 is 5.73 Å². The van der Waals surface area contributed by atoms with Crippen molar-refractivity contribution in [1.82, 2.24) is 4.90 Å². The molecule has 0 amide bonds. The smallest absolute Gasteiger partial charge is 0.0233 e. The maximum atomic E-state index is 5.56. The summed E-state index contributed by atoms with van der Waals surface area (Å²) in [6.45, 7) is 8.41. The van der Waals surface area contributed by atoms with Gasteiger partial charge in [-0.05, 0) is 30.6 Å². The maximum Gasteiger partial charge on any atom is 0.0233 e. The number of rotatable bonds is 6. The lowest BCUT2D eigenvalue weighted by atomic mass is 10.1. The van der Waals surface area contributed by atoms with E-state index in [-0.39, 0.29) is 0 Å². The minimum atomic E-state index is 0.632. The minimum Gasteiger partial charge on any atom is -0.326 e. The van der Waals surface area contributed by atoms with Crippen LogP contribution in [0.1, 0.15) is 31.4 Å². The Labute approximate surface area is 93.1 Å². The molecule has 2 nitrogen and oxygen atoms in total. The van der Waals surface area contributed by atoms with Crippen LogP contribution in [0, 0.1) is 0 Å². The molecule has 0 saturated carbocycles.